The summed E-state index contributed by atoms with van der Waals surface area (Å²) < 4.78 is 10.9. The van der Waals surface area contributed by atoms with Gasteiger partial charge in [-0.15, -0.1) is 0 Å². The number of rotatable bonds is 3. The highest BCUT2D eigenvalue weighted by Gasteiger charge is 2.46. The number of benzene rings is 1. The minimum atomic E-state index is -0.813. The molecule has 3 atom stereocenters. The summed E-state index contributed by atoms with van der Waals surface area (Å²) in [5.41, 5.74) is 2.33. The molecule has 2 N–H and O–H groups in total. The second kappa shape index (κ2) is 7.15. The van der Waals surface area contributed by atoms with Gasteiger partial charge < -0.3 is 19.9 Å². The highest BCUT2D eigenvalue weighted by atomic mass is 16.5. The number of allylic oxidation sites excluding steroid dienone is 2. The summed E-state index contributed by atoms with van der Waals surface area (Å²) in [5, 5.41) is 13.7. The number of hydrogen-bond acceptors (Lipinski definition) is 5. The van der Waals surface area contributed by atoms with Crippen molar-refractivity contribution in [1.29, 1.82) is 0 Å². The van der Waals surface area contributed by atoms with Gasteiger partial charge in [-0.05, 0) is 59.1 Å². The van der Waals surface area contributed by atoms with Crippen LogP contribution in [0, 0.1) is 12.8 Å². The molecule has 3 rings (SSSR count). The van der Waals surface area contributed by atoms with Gasteiger partial charge in [0.25, 0.3) is 5.91 Å². The molecule has 6 heteroatoms. The van der Waals surface area contributed by atoms with Crippen molar-refractivity contribution in [3.05, 3.63) is 34.4 Å². The van der Waals surface area contributed by atoms with E-state index in [1.807, 2.05) is 6.07 Å². The fraction of sp³-hybridized carbons (Fsp3) is 0.545. The van der Waals surface area contributed by atoms with Crippen LogP contribution >= 0.6 is 0 Å². The highest BCUT2D eigenvalue weighted by Crippen LogP contribution is 2.54. The van der Waals surface area contributed by atoms with Crippen molar-refractivity contribution in [3.63, 3.8) is 0 Å². The molecule has 0 radical (unpaired) electrons. The summed E-state index contributed by atoms with van der Waals surface area (Å²) >= 11 is 0. The average molecular weight is 387 g/mol. The smallest absolute Gasteiger partial charge is 0.328 e. The molecule has 0 fully saturated rings. The minimum Gasteiger partial charge on any atom is -0.507 e. The summed E-state index contributed by atoms with van der Waals surface area (Å²) in [5.74, 6) is -0.307. The van der Waals surface area contributed by atoms with Crippen LogP contribution in [-0.2, 0) is 9.53 Å². The van der Waals surface area contributed by atoms with Crippen LogP contribution in [0.1, 0.15) is 67.9 Å². The lowest BCUT2D eigenvalue weighted by atomic mass is 9.67. The maximum absolute atomic E-state index is 12.8. The summed E-state index contributed by atoms with van der Waals surface area (Å²) in [7, 11) is 1.27. The lowest BCUT2D eigenvalue weighted by Crippen LogP contribution is -2.45. The van der Waals surface area contributed by atoms with Gasteiger partial charge in [-0.2, -0.15) is 0 Å². The first-order valence-corrected chi connectivity index (χ1v) is 9.68. The second-order valence-corrected chi connectivity index (χ2v) is 8.44. The van der Waals surface area contributed by atoms with Gasteiger partial charge in [-0.25, -0.2) is 4.79 Å². The molecular formula is C22H29NO5. The van der Waals surface area contributed by atoms with Gasteiger partial charge in [-0.3, -0.25) is 4.79 Å². The molecule has 0 saturated carbocycles. The molecule has 6 nitrogen and oxygen atoms in total. The van der Waals surface area contributed by atoms with E-state index in [0.29, 0.717) is 16.9 Å². The molecule has 0 aromatic heterocycles. The molecular weight excluding hydrogens is 358 g/mol. The molecule has 1 aliphatic carbocycles. The number of aryl methyl sites for hydroxylation is 1. The monoisotopic (exact) mass is 387 g/mol. The van der Waals surface area contributed by atoms with E-state index < -0.39 is 17.9 Å². The van der Waals surface area contributed by atoms with Crippen LogP contribution < -0.4 is 10.1 Å². The zero-order valence-corrected chi connectivity index (χ0v) is 17.4. The van der Waals surface area contributed by atoms with Gasteiger partial charge in [0.15, 0.2) is 0 Å². The number of carbonyl (C=O) groups excluding carboxylic acids is 2. The Morgan fingerprint density at radius 1 is 1.36 bits per heavy atom. The van der Waals surface area contributed by atoms with Crippen molar-refractivity contribution in [2.24, 2.45) is 5.92 Å². The number of aromatic hydroxyl groups is 1. The van der Waals surface area contributed by atoms with Crippen LogP contribution in [0.15, 0.2) is 17.7 Å². The Kier molecular flexibility index (Phi) is 5.17. The first-order chi connectivity index (χ1) is 13.1. The van der Waals surface area contributed by atoms with Crippen molar-refractivity contribution >= 4 is 11.9 Å². The maximum atomic E-state index is 12.8. The second-order valence-electron chi connectivity index (χ2n) is 8.44. The maximum Gasteiger partial charge on any atom is 0.328 e. The van der Waals surface area contributed by atoms with E-state index in [9.17, 15) is 14.7 Å². The normalized spacial score (nSPS) is 23.4. The number of ether oxygens (including phenoxy) is 2. The third-order valence-electron chi connectivity index (χ3n) is 5.98. The summed E-state index contributed by atoms with van der Waals surface area (Å²) in [6, 6.07) is 0.995. The van der Waals surface area contributed by atoms with Gasteiger partial charge in [-0.1, -0.05) is 11.6 Å². The molecule has 28 heavy (non-hydrogen) atoms. The predicted octanol–water partition coefficient (Wildman–Crippen LogP) is 3.60. The molecule has 1 aliphatic heterocycles. The summed E-state index contributed by atoms with van der Waals surface area (Å²) in [4.78, 5) is 24.5. The van der Waals surface area contributed by atoms with E-state index in [0.717, 1.165) is 12.8 Å². The Labute approximate surface area is 165 Å². The number of amides is 1. The lowest BCUT2D eigenvalue weighted by Gasteiger charge is -2.46. The van der Waals surface area contributed by atoms with Crippen molar-refractivity contribution in [2.45, 2.75) is 65.0 Å². The van der Waals surface area contributed by atoms with E-state index in [2.05, 4.69) is 36.9 Å². The third-order valence-corrected chi connectivity index (χ3v) is 5.98. The number of methoxy groups -OCH3 is 1. The Morgan fingerprint density at radius 3 is 2.68 bits per heavy atom. The molecule has 0 saturated heterocycles. The summed E-state index contributed by atoms with van der Waals surface area (Å²) in [6.45, 7) is 9.54. The molecule has 2 aliphatic rings. The Balaban J connectivity index is 2.08. The van der Waals surface area contributed by atoms with E-state index in [1.165, 1.54) is 12.7 Å². The number of phenols is 1. The predicted molar refractivity (Wildman–Crippen MR) is 106 cm³/mol. The van der Waals surface area contributed by atoms with Gasteiger partial charge in [0.05, 0.1) is 12.7 Å². The zero-order chi connectivity index (χ0) is 20.8. The van der Waals surface area contributed by atoms with Gasteiger partial charge >= 0.3 is 5.97 Å². The van der Waals surface area contributed by atoms with Crippen LogP contribution in [0.5, 0.6) is 11.5 Å². The Bertz CT molecular complexity index is 855. The van der Waals surface area contributed by atoms with Crippen LogP contribution in [0.3, 0.4) is 0 Å². The van der Waals surface area contributed by atoms with E-state index in [1.54, 1.807) is 13.8 Å². The molecule has 152 valence electrons. The third kappa shape index (κ3) is 3.36. The summed E-state index contributed by atoms with van der Waals surface area (Å²) in [6.07, 6.45) is 4.15. The number of fused-ring (bicyclic) bond motifs is 3. The largest absolute Gasteiger partial charge is 0.507 e. The van der Waals surface area contributed by atoms with Crippen LogP contribution in [0.4, 0.5) is 0 Å². The van der Waals surface area contributed by atoms with E-state index >= 15 is 0 Å². The van der Waals surface area contributed by atoms with Crippen molar-refractivity contribution in [2.75, 3.05) is 7.11 Å². The number of nitrogens with one attached hydrogen (secondary N) is 1. The van der Waals surface area contributed by atoms with Crippen LogP contribution in [0.2, 0.25) is 0 Å². The zero-order valence-electron chi connectivity index (χ0n) is 17.4. The average Bonchev–Trinajstić information content (AvgIpc) is 2.59. The van der Waals surface area contributed by atoms with Gasteiger partial charge in [0.2, 0.25) is 0 Å². The van der Waals surface area contributed by atoms with Crippen molar-refractivity contribution in [3.8, 4) is 11.5 Å². The molecule has 1 aromatic rings. The molecule has 1 aromatic carbocycles. The Hall–Kier alpha value is -2.50. The first kappa shape index (κ1) is 20.2. The van der Waals surface area contributed by atoms with Gasteiger partial charge in [0.1, 0.15) is 23.1 Å². The first-order valence-electron chi connectivity index (χ1n) is 9.68. The topological polar surface area (TPSA) is 84.9 Å². The van der Waals surface area contributed by atoms with Gasteiger partial charge in [0, 0.05) is 17.4 Å². The highest BCUT2D eigenvalue weighted by molar-refractivity contribution is 6.01. The minimum absolute atomic E-state index is 0.0160. The number of esters is 1. The number of hydrogen-bond donors (Lipinski definition) is 2. The quantitative estimate of drug-likeness (QED) is 0.611. The van der Waals surface area contributed by atoms with Crippen LogP contribution in [0.25, 0.3) is 0 Å². The fourth-order valence-corrected chi connectivity index (χ4v) is 4.47. The molecule has 0 spiro atoms. The van der Waals surface area contributed by atoms with Crippen LogP contribution in [-0.4, -0.2) is 35.7 Å². The van der Waals surface area contributed by atoms with Crippen molar-refractivity contribution < 1.29 is 24.2 Å². The Morgan fingerprint density at radius 2 is 2.04 bits per heavy atom. The molecule has 2 unspecified atom stereocenters. The number of phenolic OH excluding ortho intramolecular Hbond substituents is 1. The van der Waals surface area contributed by atoms with E-state index in [-0.39, 0.29) is 28.7 Å². The molecule has 1 heterocycles. The lowest BCUT2D eigenvalue weighted by molar-refractivity contribution is -0.142. The molecule has 0 bridgehead atoms. The fourth-order valence-electron chi connectivity index (χ4n) is 4.47. The standard InChI is InChI=1S/C22H29NO5/c1-11-7-8-15-14(9-11)18-16(28-22(15,4)5)10-12(2)17(19(18)24)20(25)23-13(3)21(26)27-6/h9-10,13-15,24H,7-8H2,1-6H3,(H,23,25)/t13-,14?,15?/m0/s1. The SMILES string of the molecule is COC(=O)[C@H](C)NC(=O)c1c(C)cc2c(c1O)C1C=C(C)CCC1C(C)(C)O2. The molecule has 1 amide bonds. The van der Waals surface area contributed by atoms with Crippen molar-refractivity contribution in [1.82, 2.24) is 5.32 Å². The van der Waals surface area contributed by atoms with E-state index in [4.69, 9.17) is 4.74 Å². The number of carbonyl (C=O) groups is 2.